The number of nitrogens with zero attached hydrogens (tertiary/aromatic N) is 2. The van der Waals surface area contributed by atoms with Crippen LogP contribution in [-0.4, -0.2) is 17.8 Å². The summed E-state index contributed by atoms with van der Waals surface area (Å²) >= 11 is 0. The van der Waals surface area contributed by atoms with Crippen molar-refractivity contribution >= 4 is 16.6 Å². The van der Waals surface area contributed by atoms with Crippen molar-refractivity contribution in [3.05, 3.63) is 66.2 Å². The summed E-state index contributed by atoms with van der Waals surface area (Å²) in [5.41, 5.74) is 2.43. The van der Waals surface area contributed by atoms with Crippen LogP contribution in [0, 0.1) is 0 Å². The van der Waals surface area contributed by atoms with Gasteiger partial charge in [-0.3, -0.25) is 4.98 Å². The maximum Gasteiger partial charge on any atom is 0.156 e. The molecule has 0 aliphatic carbocycles. The Labute approximate surface area is 110 Å². The third kappa shape index (κ3) is 2.20. The maximum absolute atomic E-state index is 5.38. The number of para-hydroxylation sites is 1. The highest BCUT2D eigenvalue weighted by molar-refractivity contribution is 6.11. The average Bonchev–Trinajstić information content (AvgIpc) is 2.98. The summed E-state index contributed by atoms with van der Waals surface area (Å²) in [5, 5.41) is 5.08. The van der Waals surface area contributed by atoms with Crippen LogP contribution in [-0.2, 0) is 4.84 Å². The second-order valence-electron chi connectivity index (χ2n) is 4.02. The molecule has 0 aliphatic heterocycles. The standard InChI is InChI=1S/C15H12N2O2/c1-18-17-15(14-7-4-8-19-14)12-9-11-5-2-3-6-13(11)16-10-12/h2-10H,1H3. The predicted octanol–water partition coefficient (Wildman–Crippen LogP) is 3.23. The van der Waals surface area contributed by atoms with Gasteiger partial charge in [0.25, 0.3) is 0 Å². The average molecular weight is 252 g/mol. The van der Waals surface area contributed by atoms with Crippen LogP contribution in [0.15, 0.2) is 64.5 Å². The van der Waals surface area contributed by atoms with Crippen molar-refractivity contribution < 1.29 is 9.25 Å². The number of oxime groups is 1. The quantitative estimate of drug-likeness (QED) is 0.531. The Balaban J connectivity index is 2.13. The minimum Gasteiger partial charge on any atom is -0.463 e. The van der Waals surface area contributed by atoms with Gasteiger partial charge in [0, 0.05) is 17.1 Å². The maximum atomic E-state index is 5.38. The van der Waals surface area contributed by atoms with E-state index in [2.05, 4.69) is 10.1 Å². The Hall–Kier alpha value is -2.62. The van der Waals surface area contributed by atoms with E-state index in [4.69, 9.17) is 9.25 Å². The summed E-state index contributed by atoms with van der Waals surface area (Å²) in [6, 6.07) is 13.6. The van der Waals surface area contributed by atoms with Crippen molar-refractivity contribution in [1.29, 1.82) is 0 Å². The van der Waals surface area contributed by atoms with E-state index in [1.807, 2.05) is 42.5 Å². The first-order valence-corrected chi connectivity index (χ1v) is 5.88. The Morgan fingerprint density at radius 2 is 2.11 bits per heavy atom. The summed E-state index contributed by atoms with van der Waals surface area (Å²) in [4.78, 5) is 9.31. The lowest BCUT2D eigenvalue weighted by molar-refractivity contribution is 0.213. The highest BCUT2D eigenvalue weighted by atomic mass is 16.6. The molecular weight excluding hydrogens is 240 g/mol. The number of benzene rings is 1. The molecule has 4 heteroatoms. The molecule has 0 radical (unpaired) electrons. The highest BCUT2D eigenvalue weighted by Gasteiger charge is 2.12. The molecule has 0 saturated heterocycles. The van der Waals surface area contributed by atoms with Crippen molar-refractivity contribution in [2.75, 3.05) is 7.11 Å². The van der Waals surface area contributed by atoms with Crippen LogP contribution in [0.2, 0.25) is 0 Å². The van der Waals surface area contributed by atoms with Crippen molar-refractivity contribution in [3.63, 3.8) is 0 Å². The van der Waals surface area contributed by atoms with E-state index in [0.29, 0.717) is 11.5 Å². The summed E-state index contributed by atoms with van der Waals surface area (Å²) in [6.07, 6.45) is 3.37. The molecule has 3 aromatic rings. The number of fused-ring (bicyclic) bond motifs is 1. The number of rotatable bonds is 3. The number of furan rings is 1. The van der Waals surface area contributed by atoms with Gasteiger partial charge >= 0.3 is 0 Å². The fourth-order valence-corrected chi connectivity index (χ4v) is 1.95. The highest BCUT2D eigenvalue weighted by Crippen LogP contribution is 2.17. The van der Waals surface area contributed by atoms with Crippen LogP contribution in [0.3, 0.4) is 0 Å². The zero-order valence-electron chi connectivity index (χ0n) is 10.4. The normalized spacial score (nSPS) is 11.7. The molecule has 2 heterocycles. The van der Waals surface area contributed by atoms with E-state index in [1.165, 1.54) is 7.11 Å². The molecule has 0 fully saturated rings. The summed E-state index contributed by atoms with van der Waals surface area (Å²) in [7, 11) is 1.51. The zero-order valence-corrected chi connectivity index (χ0v) is 10.4. The molecule has 0 atom stereocenters. The molecule has 3 rings (SSSR count). The van der Waals surface area contributed by atoms with Gasteiger partial charge < -0.3 is 9.25 Å². The fraction of sp³-hybridized carbons (Fsp3) is 0.0667. The lowest BCUT2D eigenvalue weighted by Crippen LogP contribution is -2.03. The van der Waals surface area contributed by atoms with Gasteiger partial charge in [0.2, 0.25) is 0 Å². The number of pyridine rings is 1. The van der Waals surface area contributed by atoms with E-state index in [-0.39, 0.29) is 0 Å². The first-order valence-electron chi connectivity index (χ1n) is 5.88. The molecule has 4 nitrogen and oxygen atoms in total. The Kier molecular flexibility index (Phi) is 2.98. The second kappa shape index (κ2) is 4.94. The summed E-state index contributed by atoms with van der Waals surface area (Å²) < 4.78 is 5.38. The summed E-state index contributed by atoms with van der Waals surface area (Å²) in [5.74, 6) is 0.652. The Morgan fingerprint density at radius 3 is 2.89 bits per heavy atom. The molecule has 0 N–H and O–H groups in total. The van der Waals surface area contributed by atoms with Crippen molar-refractivity contribution in [3.8, 4) is 0 Å². The first-order chi connectivity index (χ1) is 9.38. The fourth-order valence-electron chi connectivity index (χ4n) is 1.95. The minimum atomic E-state index is 0.630. The van der Waals surface area contributed by atoms with Gasteiger partial charge in [-0.15, -0.1) is 0 Å². The van der Waals surface area contributed by atoms with E-state index < -0.39 is 0 Å². The van der Waals surface area contributed by atoms with Gasteiger partial charge in [-0.1, -0.05) is 23.4 Å². The largest absolute Gasteiger partial charge is 0.463 e. The smallest absolute Gasteiger partial charge is 0.156 e. The van der Waals surface area contributed by atoms with Gasteiger partial charge in [0.05, 0.1) is 11.8 Å². The number of hydrogen-bond acceptors (Lipinski definition) is 4. The van der Waals surface area contributed by atoms with Gasteiger partial charge in [-0.05, 0) is 24.3 Å². The molecule has 2 aromatic heterocycles. The molecule has 0 bridgehead atoms. The van der Waals surface area contributed by atoms with Gasteiger partial charge in [0.15, 0.2) is 11.5 Å². The summed E-state index contributed by atoms with van der Waals surface area (Å²) in [6.45, 7) is 0. The molecule has 19 heavy (non-hydrogen) atoms. The predicted molar refractivity (Wildman–Crippen MR) is 73.1 cm³/mol. The lowest BCUT2D eigenvalue weighted by Gasteiger charge is -2.04. The topological polar surface area (TPSA) is 47.6 Å². The van der Waals surface area contributed by atoms with Crippen LogP contribution >= 0.6 is 0 Å². The van der Waals surface area contributed by atoms with Crippen molar-refractivity contribution in [2.24, 2.45) is 5.16 Å². The molecule has 1 aromatic carbocycles. The third-order valence-corrected chi connectivity index (χ3v) is 2.80. The molecular formula is C15H12N2O2. The second-order valence-corrected chi connectivity index (χ2v) is 4.02. The van der Waals surface area contributed by atoms with Crippen molar-refractivity contribution in [1.82, 2.24) is 4.98 Å². The van der Waals surface area contributed by atoms with E-state index in [9.17, 15) is 0 Å². The van der Waals surface area contributed by atoms with Crippen LogP contribution in [0.5, 0.6) is 0 Å². The van der Waals surface area contributed by atoms with E-state index in [1.54, 1.807) is 12.5 Å². The minimum absolute atomic E-state index is 0.630. The zero-order chi connectivity index (χ0) is 13.1. The monoisotopic (exact) mass is 252 g/mol. The van der Waals surface area contributed by atoms with Crippen LogP contribution in [0.4, 0.5) is 0 Å². The molecule has 94 valence electrons. The molecule has 0 amide bonds. The van der Waals surface area contributed by atoms with E-state index in [0.717, 1.165) is 16.5 Å². The SMILES string of the molecule is CON=C(c1cnc2ccccc2c1)c1ccco1. The van der Waals surface area contributed by atoms with Gasteiger partial charge in [-0.2, -0.15) is 0 Å². The number of hydrogen-bond donors (Lipinski definition) is 0. The third-order valence-electron chi connectivity index (χ3n) is 2.80. The number of aromatic nitrogens is 1. The molecule has 0 spiro atoms. The molecule has 0 unspecified atom stereocenters. The van der Waals surface area contributed by atoms with Crippen LogP contribution in [0.25, 0.3) is 10.9 Å². The molecule has 0 saturated carbocycles. The van der Waals surface area contributed by atoms with E-state index >= 15 is 0 Å². The Morgan fingerprint density at radius 1 is 1.21 bits per heavy atom. The van der Waals surface area contributed by atoms with Crippen molar-refractivity contribution in [2.45, 2.75) is 0 Å². The Bertz CT molecular complexity index is 718. The molecule has 0 aliphatic rings. The van der Waals surface area contributed by atoms with Gasteiger partial charge in [-0.25, -0.2) is 0 Å². The first kappa shape index (κ1) is 11.5. The lowest BCUT2D eigenvalue weighted by atomic mass is 10.1. The van der Waals surface area contributed by atoms with Crippen LogP contribution < -0.4 is 0 Å². The van der Waals surface area contributed by atoms with Gasteiger partial charge in [0.1, 0.15) is 7.11 Å². The van der Waals surface area contributed by atoms with Crippen LogP contribution in [0.1, 0.15) is 11.3 Å².